The molecular weight excluding hydrogens is 323 g/mol. The van der Waals surface area contributed by atoms with Crippen LogP contribution in [0.15, 0.2) is 46.9 Å². The molecule has 1 unspecified atom stereocenters. The van der Waals surface area contributed by atoms with Crippen molar-refractivity contribution in [2.24, 2.45) is 0 Å². The molecule has 2 aromatic rings. The number of ether oxygens (including phenoxy) is 1. The van der Waals surface area contributed by atoms with Gasteiger partial charge in [0.15, 0.2) is 0 Å². The van der Waals surface area contributed by atoms with Crippen LogP contribution >= 0.6 is 15.9 Å². The molecule has 0 saturated carbocycles. The Morgan fingerprint density at radius 2 is 1.85 bits per heavy atom. The van der Waals surface area contributed by atoms with E-state index in [1.807, 2.05) is 12.1 Å². The molecule has 0 fully saturated rings. The Bertz CT molecular complexity index is 594. The summed E-state index contributed by atoms with van der Waals surface area (Å²) in [4.78, 5) is 0. The van der Waals surface area contributed by atoms with Gasteiger partial charge in [0.25, 0.3) is 0 Å². The van der Waals surface area contributed by atoms with Gasteiger partial charge in [0.2, 0.25) is 0 Å². The highest BCUT2D eigenvalue weighted by Crippen LogP contribution is 2.30. The Kier molecular flexibility index (Phi) is 4.45. The summed E-state index contributed by atoms with van der Waals surface area (Å²) in [7, 11) is 1.59. The number of rotatable bonds is 4. The lowest BCUT2D eigenvalue weighted by Gasteiger charge is -2.25. The molecule has 0 heterocycles. The molecule has 0 bridgehead atoms. The van der Waals surface area contributed by atoms with E-state index in [0.717, 1.165) is 16.9 Å². The SMILES string of the molecule is COc1ccc(C(C)(O)Cc2cccc(F)c2Br)cc1. The first-order valence-electron chi connectivity index (χ1n) is 6.24. The Morgan fingerprint density at radius 1 is 1.20 bits per heavy atom. The van der Waals surface area contributed by atoms with Crippen molar-refractivity contribution in [1.82, 2.24) is 0 Å². The van der Waals surface area contributed by atoms with Crippen LogP contribution in [0.4, 0.5) is 4.39 Å². The van der Waals surface area contributed by atoms with Gasteiger partial charge in [0.1, 0.15) is 11.6 Å². The van der Waals surface area contributed by atoms with Gasteiger partial charge in [0, 0.05) is 6.42 Å². The van der Waals surface area contributed by atoms with E-state index in [1.54, 1.807) is 38.3 Å². The monoisotopic (exact) mass is 338 g/mol. The largest absolute Gasteiger partial charge is 0.497 e. The lowest BCUT2D eigenvalue weighted by atomic mass is 9.89. The number of halogens is 2. The van der Waals surface area contributed by atoms with Crippen LogP contribution in [0.1, 0.15) is 18.1 Å². The summed E-state index contributed by atoms with van der Waals surface area (Å²) in [6.45, 7) is 1.71. The maximum Gasteiger partial charge on any atom is 0.137 e. The van der Waals surface area contributed by atoms with E-state index >= 15 is 0 Å². The number of benzene rings is 2. The highest BCUT2D eigenvalue weighted by atomic mass is 79.9. The number of hydrogen-bond acceptors (Lipinski definition) is 2. The molecule has 2 aromatic carbocycles. The van der Waals surface area contributed by atoms with Crippen molar-refractivity contribution < 1.29 is 14.2 Å². The molecule has 0 aromatic heterocycles. The molecule has 0 spiro atoms. The fraction of sp³-hybridized carbons (Fsp3) is 0.250. The fourth-order valence-corrected chi connectivity index (χ4v) is 2.51. The average Bonchev–Trinajstić information content (AvgIpc) is 2.44. The smallest absolute Gasteiger partial charge is 0.137 e. The van der Waals surface area contributed by atoms with Gasteiger partial charge in [-0.3, -0.25) is 0 Å². The van der Waals surface area contributed by atoms with Crippen molar-refractivity contribution in [2.45, 2.75) is 18.9 Å². The molecule has 20 heavy (non-hydrogen) atoms. The molecule has 1 N–H and O–H groups in total. The summed E-state index contributed by atoms with van der Waals surface area (Å²) in [5.41, 5.74) is 0.406. The zero-order valence-corrected chi connectivity index (χ0v) is 12.9. The van der Waals surface area contributed by atoms with Gasteiger partial charge in [-0.25, -0.2) is 4.39 Å². The topological polar surface area (TPSA) is 29.5 Å². The quantitative estimate of drug-likeness (QED) is 0.911. The first-order chi connectivity index (χ1) is 9.44. The minimum Gasteiger partial charge on any atom is -0.497 e. The fourth-order valence-electron chi connectivity index (χ4n) is 2.11. The predicted octanol–water partition coefficient (Wildman–Crippen LogP) is 4.05. The third-order valence-electron chi connectivity index (χ3n) is 3.28. The molecule has 0 amide bonds. The van der Waals surface area contributed by atoms with Crippen LogP contribution in [0.5, 0.6) is 5.75 Å². The van der Waals surface area contributed by atoms with Crippen LogP contribution in [0.2, 0.25) is 0 Å². The van der Waals surface area contributed by atoms with Crippen molar-refractivity contribution in [3.8, 4) is 5.75 Å². The Labute approximate surface area is 126 Å². The molecule has 0 radical (unpaired) electrons. The van der Waals surface area contributed by atoms with Crippen molar-refractivity contribution in [3.63, 3.8) is 0 Å². The van der Waals surface area contributed by atoms with Crippen LogP contribution in [0.25, 0.3) is 0 Å². The predicted molar refractivity (Wildman–Crippen MR) is 80.4 cm³/mol. The molecule has 2 nitrogen and oxygen atoms in total. The van der Waals surface area contributed by atoms with Gasteiger partial charge in [-0.05, 0) is 52.2 Å². The number of aliphatic hydroxyl groups is 1. The van der Waals surface area contributed by atoms with Gasteiger partial charge in [0.05, 0.1) is 17.2 Å². The van der Waals surface area contributed by atoms with E-state index in [9.17, 15) is 9.50 Å². The lowest BCUT2D eigenvalue weighted by Crippen LogP contribution is -2.24. The molecule has 4 heteroatoms. The van der Waals surface area contributed by atoms with E-state index in [4.69, 9.17) is 4.74 Å². The first-order valence-corrected chi connectivity index (χ1v) is 7.03. The second-order valence-corrected chi connectivity index (χ2v) is 5.69. The van der Waals surface area contributed by atoms with Crippen LogP contribution in [0.3, 0.4) is 0 Å². The van der Waals surface area contributed by atoms with E-state index in [1.165, 1.54) is 6.07 Å². The molecular formula is C16H16BrFO2. The van der Waals surface area contributed by atoms with Crippen LogP contribution < -0.4 is 4.74 Å². The van der Waals surface area contributed by atoms with Gasteiger partial charge in [-0.2, -0.15) is 0 Å². The molecule has 0 aliphatic rings. The van der Waals surface area contributed by atoms with Crippen molar-refractivity contribution in [2.75, 3.05) is 7.11 Å². The van der Waals surface area contributed by atoms with Gasteiger partial charge < -0.3 is 9.84 Å². The minimum atomic E-state index is -1.08. The summed E-state index contributed by atoms with van der Waals surface area (Å²) < 4.78 is 19.0. The zero-order chi connectivity index (χ0) is 14.8. The summed E-state index contributed by atoms with van der Waals surface area (Å²) in [6, 6.07) is 12.0. The maximum absolute atomic E-state index is 13.5. The molecule has 106 valence electrons. The average molecular weight is 339 g/mol. The van der Waals surface area contributed by atoms with Crippen LogP contribution in [-0.4, -0.2) is 12.2 Å². The van der Waals surface area contributed by atoms with Gasteiger partial charge in [-0.15, -0.1) is 0 Å². The van der Waals surface area contributed by atoms with E-state index in [2.05, 4.69) is 15.9 Å². The van der Waals surface area contributed by atoms with E-state index < -0.39 is 5.60 Å². The van der Waals surface area contributed by atoms with Gasteiger partial charge in [-0.1, -0.05) is 24.3 Å². The zero-order valence-electron chi connectivity index (χ0n) is 11.4. The van der Waals surface area contributed by atoms with E-state index in [-0.39, 0.29) is 5.82 Å². The highest BCUT2D eigenvalue weighted by Gasteiger charge is 2.25. The number of methoxy groups -OCH3 is 1. The van der Waals surface area contributed by atoms with Gasteiger partial charge >= 0.3 is 0 Å². The second-order valence-electron chi connectivity index (χ2n) is 4.89. The second kappa shape index (κ2) is 5.94. The third kappa shape index (κ3) is 3.19. The Balaban J connectivity index is 2.27. The Hall–Kier alpha value is -1.39. The van der Waals surface area contributed by atoms with Crippen molar-refractivity contribution in [3.05, 3.63) is 63.9 Å². The molecule has 2 rings (SSSR count). The van der Waals surface area contributed by atoms with Crippen molar-refractivity contribution in [1.29, 1.82) is 0 Å². The first kappa shape index (κ1) is 15.0. The summed E-state index contributed by atoms with van der Waals surface area (Å²) >= 11 is 3.22. The standard InChI is InChI=1S/C16H16BrFO2/c1-16(19,12-6-8-13(20-2)9-7-12)10-11-4-3-5-14(18)15(11)17/h3-9,19H,10H2,1-2H3. The molecule has 1 atom stereocenters. The van der Waals surface area contributed by atoms with E-state index in [0.29, 0.717) is 10.9 Å². The molecule has 0 aliphatic heterocycles. The molecule has 0 aliphatic carbocycles. The summed E-state index contributed by atoms with van der Waals surface area (Å²) in [5.74, 6) is 0.407. The Morgan fingerprint density at radius 3 is 2.45 bits per heavy atom. The molecule has 0 saturated heterocycles. The lowest BCUT2D eigenvalue weighted by molar-refractivity contribution is 0.0573. The normalized spacial score (nSPS) is 13.8. The van der Waals surface area contributed by atoms with Crippen LogP contribution in [0, 0.1) is 5.82 Å². The summed E-state index contributed by atoms with van der Waals surface area (Å²) in [6.07, 6.45) is 0.317. The summed E-state index contributed by atoms with van der Waals surface area (Å²) in [5, 5.41) is 10.6. The number of hydrogen-bond donors (Lipinski definition) is 1. The maximum atomic E-state index is 13.5. The minimum absolute atomic E-state index is 0.317. The van der Waals surface area contributed by atoms with Crippen LogP contribution in [-0.2, 0) is 12.0 Å². The third-order valence-corrected chi connectivity index (χ3v) is 4.17. The van der Waals surface area contributed by atoms with Crippen molar-refractivity contribution >= 4 is 15.9 Å². The highest BCUT2D eigenvalue weighted by molar-refractivity contribution is 9.10.